The van der Waals surface area contributed by atoms with Crippen LogP contribution in [0.15, 0.2) is 23.5 Å². The van der Waals surface area contributed by atoms with Crippen LogP contribution in [0, 0.1) is 5.41 Å². The van der Waals surface area contributed by atoms with Crippen LogP contribution >= 0.6 is 0 Å². The van der Waals surface area contributed by atoms with E-state index in [-0.39, 0.29) is 5.97 Å². The maximum atomic E-state index is 11.3. The summed E-state index contributed by atoms with van der Waals surface area (Å²) in [5.74, 6) is -0.135. The molecule has 0 radical (unpaired) electrons. The molecule has 1 aliphatic heterocycles. The van der Waals surface area contributed by atoms with Crippen molar-refractivity contribution in [2.75, 3.05) is 0 Å². The summed E-state index contributed by atoms with van der Waals surface area (Å²) in [5, 5.41) is 0. The molecule has 2 nitrogen and oxygen atoms in total. The Morgan fingerprint density at radius 3 is 2.57 bits per heavy atom. The van der Waals surface area contributed by atoms with Crippen molar-refractivity contribution in [3.8, 4) is 0 Å². The molecule has 0 saturated heterocycles. The molecule has 0 aromatic rings. The fourth-order valence-electron chi connectivity index (χ4n) is 1.44. The Morgan fingerprint density at radius 2 is 2.14 bits per heavy atom. The van der Waals surface area contributed by atoms with Gasteiger partial charge in [-0.15, -0.1) is 0 Å². The minimum Gasteiger partial charge on any atom is -0.434 e. The highest BCUT2D eigenvalue weighted by atomic mass is 16.5. The van der Waals surface area contributed by atoms with Crippen molar-refractivity contribution in [3.63, 3.8) is 0 Å². The molecule has 0 aromatic heterocycles. The van der Waals surface area contributed by atoms with Crippen LogP contribution in [0.25, 0.3) is 0 Å². The maximum Gasteiger partial charge on any atom is 0.320 e. The summed E-state index contributed by atoms with van der Waals surface area (Å²) in [6, 6.07) is 0. The van der Waals surface area contributed by atoms with E-state index < -0.39 is 5.41 Å². The molecule has 0 spiro atoms. The summed E-state index contributed by atoms with van der Waals surface area (Å²) in [7, 11) is 0. The number of esters is 1. The molecule has 0 unspecified atom stereocenters. The highest BCUT2D eigenvalue weighted by Gasteiger charge is 2.37. The molecule has 0 aromatic carbocycles. The van der Waals surface area contributed by atoms with Gasteiger partial charge in [-0.1, -0.05) is 11.6 Å². The average Bonchev–Trinajstić information content (AvgIpc) is 2.30. The van der Waals surface area contributed by atoms with Gasteiger partial charge in [0, 0.05) is 0 Å². The van der Waals surface area contributed by atoms with Crippen molar-refractivity contribution in [1.82, 2.24) is 0 Å². The Kier molecular flexibility index (Phi) is 3.14. The molecule has 1 aliphatic rings. The standard InChI is InChI=1S/C12H18O2/c1-9(2)6-5-7-10-8-14-11(13)12(10,3)4/h6,8H,5,7H2,1-4H3. The third-order valence-corrected chi connectivity index (χ3v) is 2.59. The summed E-state index contributed by atoms with van der Waals surface area (Å²) in [5.41, 5.74) is 1.99. The molecular weight excluding hydrogens is 176 g/mol. The van der Waals surface area contributed by atoms with Crippen molar-refractivity contribution in [3.05, 3.63) is 23.5 Å². The van der Waals surface area contributed by atoms with E-state index in [0.717, 1.165) is 18.4 Å². The fraction of sp³-hybridized carbons (Fsp3) is 0.583. The van der Waals surface area contributed by atoms with Crippen LogP contribution < -0.4 is 0 Å². The average molecular weight is 194 g/mol. The van der Waals surface area contributed by atoms with E-state index in [0.29, 0.717) is 0 Å². The number of carbonyl (C=O) groups is 1. The number of rotatable bonds is 3. The summed E-state index contributed by atoms with van der Waals surface area (Å²) >= 11 is 0. The third kappa shape index (κ3) is 2.25. The molecule has 0 N–H and O–H groups in total. The van der Waals surface area contributed by atoms with Crippen molar-refractivity contribution >= 4 is 5.97 Å². The minimum atomic E-state index is -0.421. The topological polar surface area (TPSA) is 26.3 Å². The van der Waals surface area contributed by atoms with E-state index in [1.807, 2.05) is 13.8 Å². The fourth-order valence-corrected chi connectivity index (χ4v) is 1.44. The molecule has 0 fully saturated rings. The molecule has 1 heterocycles. The predicted octanol–water partition coefficient (Wildman–Crippen LogP) is 3.20. The zero-order valence-electron chi connectivity index (χ0n) is 9.39. The first-order chi connectivity index (χ1) is 6.44. The predicted molar refractivity (Wildman–Crippen MR) is 56.6 cm³/mol. The van der Waals surface area contributed by atoms with Crippen molar-refractivity contribution in [1.29, 1.82) is 0 Å². The van der Waals surface area contributed by atoms with E-state index in [1.54, 1.807) is 6.26 Å². The number of allylic oxidation sites excluding steroid dienone is 2. The summed E-state index contributed by atoms with van der Waals surface area (Å²) in [4.78, 5) is 11.3. The van der Waals surface area contributed by atoms with Crippen LogP contribution in [0.5, 0.6) is 0 Å². The van der Waals surface area contributed by atoms with Crippen LogP contribution in [0.3, 0.4) is 0 Å². The van der Waals surface area contributed by atoms with Crippen LogP contribution in [0.1, 0.15) is 40.5 Å². The van der Waals surface area contributed by atoms with Gasteiger partial charge >= 0.3 is 5.97 Å². The zero-order valence-corrected chi connectivity index (χ0v) is 9.39. The number of hydrogen-bond acceptors (Lipinski definition) is 2. The van der Waals surface area contributed by atoms with Gasteiger partial charge in [-0.05, 0) is 46.1 Å². The zero-order chi connectivity index (χ0) is 10.8. The van der Waals surface area contributed by atoms with Crippen molar-refractivity contribution in [2.24, 2.45) is 5.41 Å². The van der Waals surface area contributed by atoms with Crippen molar-refractivity contribution < 1.29 is 9.53 Å². The van der Waals surface area contributed by atoms with Gasteiger partial charge in [-0.25, -0.2) is 0 Å². The highest BCUT2D eigenvalue weighted by molar-refractivity contribution is 5.82. The van der Waals surface area contributed by atoms with Crippen LogP contribution in [-0.4, -0.2) is 5.97 Å². The lowest BCUT2D eigenvalue weighted by Gasteiger charge is -2.16. The van der Waals surface area contributed by atoms with Crippen molar-refractivity contribution in [2.45, 2.75) is 40.5 Å². The normalized spacial score (nSPS) is 18.9. The number of ether oxygens (including phenoxy) is 1. The van der Waals surface area contributed by atoms with E-state index >= 15 is 0 Å². The number of hydrogen-bond donors (Lipinski definition) is 0. The van der Waals surface area contributed by atoms with E-state index in [4.69, 9.17) is 4.74 Å². The monoisotopic (exact) mass is 194 g/mol. The Morgan fingerprint density at radius 1 is 1.50 bits per heavy atom. The first-order valence-electron chi connectivity index (χ1n) is 4.98. The molecule has 0 saturated carbocycles. The number of carbonyl (C=O) groups excluding carboxylic acids is 1. The second-order valence-electron chi connectivity index (χ2n) is 4.49. The van der Waals surface area contributed by atoms with Gasteiger partial charge in [0.15, 0.2) is 0 Å². The smallest absolute Gasteiger partial charge is 0.320 e. The number of cyclic esters (lactones) is 1. The van der Waals surface area contributed by atoms with Crippen LogP contribution in [0.2, 0.25) is 0 Å². The molecule has 14 heavy (non-hydrogen) atoms. The molecule has 2 heteroatoms. The van der Waals surface area contributed by atoms with Gasteiger partial charge in [-0.3, -0.25) is 4.79 Å². The van der Waals surface area contributed by atoms with E-state index in [9.17, 15) is 4.79 Å². The second-order valence-corrected chi connectivity index (χ2v) is 4.49. The lowest BCUT2D eigenvalue weighted by molar-refractivity contribution is -0.142. The van der Waals surface area contributed by atoms with Gasteiger partial charge in [0.2, 0.25) is 0 Å². The molecule has 0 amide bonds. The molecule has 0 bridgehead atoms. The largest absolute Gasteiger partial charge is 0.434 e. The van der Waals surface area contributed by atoms with Gasteiger partial charge in [0.1, 0.15) is 0 Å². The SMILES string of the molecule is CC(C)=CCCC1=COC(=O)C1(C)C. The van der Waals surface area contributed by atoms with Gasteiger partial charge in [-0.2, -0.15) is 0 Å². The Balaban J connectivity index is 2.55. The summed E-state index contributed by atoms with van der Waals surface area (Å²) in [6.07, 6.45) is 5.68. The first kappa shape index (κ1) is 11.0. The van der Waals surface area contributed by atoms with Crippen LogP contribution in [0.4, 0.5) is 0 Å². The Labute approximate surface area is 85.6 Å². The quantitative estimate of drug-likeness (QED) is 0.509. The maximum absolute atomic E-state index is 11.3. The lowest BCUT2D eigenvalue weighted by Crippen LogP contribution is -2.21. The second kappa shape index (κ2) is 3.99. The van der Waals surface area contributed by atoms with Crippen LogP contribution in [-0.2, 0) is 9.53 Å². The Hall–Kier alpha value is -1.05. The molecule has 0 aliphatic carbocycles. The van der Waals surface area contributed by atoms with E-state index in [2.05, 4.69) is 19.9 Å². The summed E-state index contributed by atoms with van der Waals surface area (Å²) < 4.78 is 4.92. The Bertz CT molecular complexity index is 291. The molecule has 0 atom stereocenters. The van der Waals surface area contributed by atoms with Gasteiger partial charge < -0.3 is 4.74 Å². The van der Waals surface area contributed by atoms with E-state index in [1.165, 1.54) is 5.57 Å². The molecule has 78 valence electrons. The highest BCUT2D eigenvalue weighted by Crippen LogP contribution is 2.36. The summed E-state index contributed by atoms with van der Waals surface area (Å²) in [6.45, 7) is 7.99. The third-order valence-electron chi connectivity index (χ3n) is 2.59. The minimum absolute atomic E-state index is 0.135. The lowest BCUT2D eigenvalue weighted by atomic mass is 9.84. The van der Waals surface area contributed by atoms with Gasteiger partial charge in [0.05, 0.1) is 11.7 Å². The van der Waals surface area contributed by atoms with Gasteiger partial charge in [0.25, 0.3) is 0 Å². The molecular formula is C12H18O2. The first-order valence-corrected chi connectivity index (χ1v) is 4.98. The molecule has 1 rings (SSSR count).